The van der Waals surface area contributed by atoms with Crippen molar-refractivity contribution in [3.05, 3.63) is 20.8 Å². The van der Waals surface area contributed by atoms with Gasteiger partial charge in [-0.05, 0) is 37.3 Å². The van der Waals surface area contributed by atoms with E-state index in [2.05, 4.69) is 5.32 Å². The Balaban J connectivity index is 1.98. The van der Waals surface area contributed by atoms with Crippen molar-refractivity contribution in [3.63, 3.8) is 0 Å². The molecular formula is C13H19ClN2OS. The number of amides is 1. The van der Waals surface area contributed by atoms with Gasteiger partial charge in [0.15, 0.2) is 0 Å². The van der Waals surface area contributed by atoms with Gasteiger partial charge >= 0.3 is 0 Å². The molecule has 3 nitrogen and oxygen atoms in total. The molecule has 1 aliphatic heterocycles. The Bertz CT molecular complexity index is 427. The molecule has 5 heteroatoms. The first-order valence-corrected chi connectivity index (χ1v) is 7.57. The summed E-state index contributed by atoms with van der Waals surface area (Å²) < 4.78 is 0. The van der Waals surface area contributed by atoms with Gasteiger partial charge in [0, 0.05) is 19.6 Å². The van der Waals surface area contributed by atoms with Crippen LogP contribution in [-0.2, 0) is 0 Å². The number of halogens is 1. The first-order chi connectivity index (χ1) is 8.59. The van der Waals surface area contributed by atoms with E-state index in [-0.39, 0.29) is 5.91 Å². The molecule has 0 radical (unpaired) electrons. The molecule has 1 aromatic rings. The average molecular weight is 287 g/mol. The standard InChI is InChI=1S/C13H19ClN2OS/c1-9-8-18-12(11(9)14)13(17)16(2)7-10-5-3-4-6-15-10/h8,10,15H,3-7H2,1-2H3. The second-order valence-corrected chi connectivity index (χ2v) is 6.15. The van der Waals surface area contributed by atoms with Gasteiger partial charge in [-0.25, -0.2) is 0 Å². The van der Waals surface area contributed by atoms with E-state index < -0.39 is 0 Å². The lowest BCUT2D eigenvalue weighted by atomic mass is 10.0. The van der Waals surface area contributed by atoms with E-state index in [1.807, 2.05) is 19.4 Å². The summed E-state index contributed by atoms with van der Waals surface area (Å²) in [6.07, 6.45) is 3.64. The smallest absolute Gasteiger partial charge is 0.265 e. The molecule has 0 spiro atoms. The Kier molecular flexibility index (Phi) is 4.65. The summed E-state index contributed by atoms with van der Waals surface area (Å²) in [7, 11) is 1.85. The van der Waals surface area contributed by atoms with Gasteiger partial charge in [-0.3, -0.25) is 4.79 Å². The van der Waals surface area contributed by atoms with Crippen LogP contribution in [0.4, 0.5) is 0 Å². The van der Waals surface area contributed by atoms with Gasteiger partial charge < -0.3 is 10.2 Å². The van der Waals surface area contributed by atoms with Crippen molar-refractivity contribution in [1.29, 1.82) is 0 Å². The summed E-state index contributed by atoms with van der Waals surface area (Å²) in [4.78, 5) is 14.7. The number of hydrogen-bond donors (Lipinski definition) is 1. The zero-order valence-electron chi connectivity index (χ0n) is 10.8. The summed E-state index contributed by atoms with van der Waals surface area (Å²) >= 11 is 7.57. The minimum Gasteiger partial charge on any atom is -0.339 e. The molecule has 1 amide bonds. The Morgan fingerprint density at radius 3 is 2.94 bits per heavy atom. The topological polar surface area (TPSA) is 32.3 Å². The lowest BCUT2D eigenvalue weighted by molar-refractivity contribution is 0.0780. The maximum absolute atomic E-state index is 12.3. The van der Waals surface area contributed by atoms with E-state index in [4.69, 9.17) is 11.6 Å². The molecule has 0 aromatic carbocycles. The molecule has 2 rings (SSSR count). The largest absolute Gasteiger partial charge is 0.339 e. The third-order valence-corrected chi connectivity index (χ3v) is 5.03. The van der Waals surface area contributed by atoms with Crippen LogP contribution in [0.25, 0.3) is 0 Å². The van der Waals surface area contributed by atoms with Crippen molar-refractivity contribution in [3.8, 4) is 0 Å². The summed E-state index contributed by atoms with van der Waals surface area (Å²) in [5.74, 6) is 0.0328. The van der Waals surface area contributed by atoms with Crippen LogP contribution in [0.1, 0.15) is 34.5 Å². The molecule has 1 saturated heterocycles. The Hall–Kier alpha value is -0.580. The second kappa shape index (κ2) is 6.04. The van der Waals surface area contributed by atoms with Crippen LogP contribution in [0.3, 0.4) is 0 Å². The zero-order chi connectivity index (χ0) is 13.1. The molecule has 1 unspecified atom stereocenters. The summed E-state index contributed by atoms with van der Waals surface area (Å²) in [5, 5.41) is 5.99. The van der Waals surface area contributed by atoms with E-state index in [1.54, 1.807) is 4.90 Å². The Labute approximate surface area is 117 Å². The number of likely N-dealkylation sites (N-methyl/N-ethyl adjacent to an activating group) is 1. The number of carbonyl (C=O) groups excluding carboxylic acids is 1. The summed E-state index contributed by atoms with van der Waals surface area (Å²) in [6, 6.07) is 0.424. The highest BCUT2D eigenvalue weighted by molar-refractivity contribution is 7.13. The number of aryl methyl sites for hydroxylation is 1. The molecule has 0 bridgehead atoms. The van der Waals surface area contributed by atoms with Gasteiger partial charge in [-0.2, -0.15) is 0 Å². The fourth-order valence-corrected chi connectivity index (χ4v) is 3.51. The van der Waals surface area contributed by atoms with Crippen molar-refractivity contribution < 1.29 is 4.79 Å². The molecule has 1 fully saturated rings. The van der Waals surface area contributed by atoms with Crippen LogP contribution in [-0.4, -0.2) is 37.0 Å². The molecule has 100 valence electrons. The monoisotopic (exact) mass is 286 g/mol. The third-order valence-electron chi connectivity index (χ3n) is 3.35. The molecule has 1 N–H and O–H groups in total. The van der Waals surface area contributed by atoms with E-state index in [1.165, 1.54) is 24.2 Å². The van der Waals surface area contributed by atoms with E-state index >= 15 is 0 Å². The lowest BCUT2D eigenvalue weighted by Crippen LogP contribution is -2.44. The number of nitrogens with zero attached hydrogens (tertiary/aromatic N) is 1. The fraction of sp³-hybridized carbons (Fsp3) is 0.615. The van der Waals surface area contributed by atoms with Crippen molar-refractivity contribution in [2.24, 2.45) is 0 Å². The maximum atomic E-state index is 12.3. The Morgan fingerprint density at radius 2 is 2.39 bits per heavy atom. The molecule has 1 atom stereocenters. The van der Waals surface area contributed by atoms with Crippen molar-refractivity contribution >= 4 is 28.8 Å². The van der Waals surface area contributed by atoms with Gasteiger partial charge in [0.2, 0.25) is 0 Å². The number of piperidine rings is 1. The predicted octanol–water partition coefficient (Wildman–Crippen LogP) is 2.92. The molecule has 0 saturated carbocycles. The van der Waals surface area contributed by atoms with Crippen LogP contribution >= 0.6 is 22.9 Å². The Morgan fingerprint density at radius 1 is 1.61 bits per heavy atom. The number of rotatable bonds is 3. The first kappa shape index (κ1) is 13.8. The van der Waals surface area contributed by atoms with E-state index in [0.29, 0.717) is 15.9 Å². The van der Waals surface area contributed by atoms with Crippen LogP contribution in [0.5, 0.6) is 0 Å². The SMILES string of the molecule is Cc1csc(C(=O)N(C)CC2CCCCN2)c1Cl. The van der Waals surface area contributed by atoms with Gasteiger partial charge in [0.25, 0.3) is 5.91 Å². The van der Waals surface area contributed by atoms with Crippen molar-refractivity contribution in [2.45, 2.75) is 32.2 Å². The second-order valence-electron chi connectivity index (χ2n) is 4.89. The van der Waals surface area contributed by atoms with Crippen molar-refractivity contribution in [1.82, 2.24) is 10.2 Å². The van der Waals surface area contributed by atoms with E-state index in [9.17, 15) is 4.79 Å². The highest BCUT2D eigenvalue weighted by Crippen LogP contribution is 2.28. The van der Waals surface area contributed by atoms with Crippen LogP contribution in [0.2, 0.25) is 5.02 Å². The fourth-order valence-electron chi connectivity index (χ4n) is 2.24. The van der Waals surface area contributed by atoms with Crippen LogP contribution in [0, 0.1) is 6.92 Å². The predicted molar refractivity (Wildman–Crippen MR) is 76.7 cm³/mol. The first-order valence-electron chi connectivity index (χ1n) is 6.32. The minimum atomic E-state index is 0.0328. The van der Waals surface area contributed by atoms with Crippen LogP contribution in [0.15, 0.2) is 5.38 Å². The quantitative estimate of drug-likeness (QED) is 0.927. The zero-order valence-corrected chi connectivity index (χ0v) is 12.4. The van der Waals surface area contributed by atoms with Crippen LogP contribution < -0.4 is 5.32 Å². The molecular weight excluding hydrogens is 268 g/mol. The lowest BCUT2D eigenvalue weighted by Gasteiger charge is -2.28. The minimum absolute atomic E-state index is 0.0328. The molecule has 18 heavy (non-hydrogen) atoms. The van der Waals surface area contributed by atoms with Gasteiger partial charge in [0.05, 0.1) is 5.02 Å². The number of thiophene rings is 1. The highest BCUT2D eigenvalue weighted by Gasteiger charge is 2.22. The van der Waals surface area contributed by atoms with Crippen molar-refractivity contribution in [2.75, 3.05) is 20.1 Å². The number of hydrogen-bond acceptors (Lipinski definition) is 3. The van der Waals surface area contributed by atoms with Gasteiger partial charge in [-0.1, -0.05) is 18.0 Å². The van der Waals surface area contributed by atoms with Gasteiger partial charge in [0.1, 0.15) is 4.88 Å². The van der Waals surface area contributed by atoms with Gasteiger partial charge in [-0.15, -0.1) is 11.3 Å². The number of nitrogens with one attached hydrogen (secondary N) is 1. The average Bonchev–Trinajstić information content (AvgIpc) is 2.70. The summed E-state index contributed by atoms with van der Waals surface area (Å²) in [5.41, 5.74) is 0.981. The normalized spacial score (nSPS) is 19.8. The highest BCUT2D eigenvalue weighted by atomic mass is 35.5. The number of carbonyl (C=O) groups is 1. The molecule has 1 aromatic heterocycles. The molecule has 2 heterocycles. The summed E-state index contributed by atoms with van der Waals surface area (Å²) in [6.45, 7) is 3.75. The third kappa shape index (κ3) is 3.05. The maximum Gasteiger partial charge on any atom is 0.265 e. The molecule has 1 aliphatic rings. The molecule has 0 aliphatic carbocycles. The van der Waals surface area contributed by atoms with E-state index in [0.717, 1.165) is 25.1 Å².